The Morgan fingerprint density at radius 2 is 1.50 bits per heavy atom. The Morgan fingerprint density at radius 3 is 1.95 bits per heavy atom. The fraction of sp³-hybridized carbons (Fsp3) is 0.474. The van der Waals surface area contributed by atoms with E-state index in [-0.39, 0.29) is 0 Å². The third-order valence-electron chi connectivity index (χ3n) is 6.05. The number of hydrogen-bond acceptors (Lipinski definition) is 0. The molecule has 1 aliphatic carbocycles. The molecule has 1 aliphatic rings. The molecule has 0 fully saturated rings. The van der Waals surface area contributed by atoms with E-state index in [1.807, 2.05) is 0 Å². The molecule has 0 unspecified atom stereocenters. The van der Waals surface area contributed by atoms with Crippen LogP contribution in [0.3, 0.4) is 0 Å². The average molecular weight is 378 g/mol. The molecule has 1 aromatic rings. The van der Waals surface area contributed by atoms with E-state index in [2.05, 4.69) is 82.5 Å². The van der Waals surface area contributed by atoms with Crippen molar-refractivity contribution in [3.05, 3.63) is 51.9 Å². The summed E-state index contributed by atoms with van der Waals surface area (Å²) in [7, 11) is 9.92. The topological polar surface area (TPSA) is 0 Å². The Hall–Kier alpha value is -0.00571. The van der Waals surface area contributed by atoms with Gasteiger partial charge in [-0.1, -0.05) is 0 Å². The first-order chi connectivity index (χ1) is 9.17. The first-order valence-corrected chi connectivity index (χ1v) is 22.0. The molecule has 0 N–H and O–H groups in total. The molecular weight excluding hydrogens is 347 g/mol. The molecule has 0 heterocycles. The van der Waals surface area contributed by atoms with Crippen LogP contribution in [0.15, 0.2) is 46.4 Å². The van der Waals surface area contributed by atoms with Gasteiger partial charge in [0.15, 0.2) is 0 Å². The Labute approximate surface area is 134 Å². The second-order valence-corrected chi connectivity index (χ2v) is 68.1. The van der Waals surface area contributed by atoms with Crippen LogP contribution in [0.25, 0.3) is 0 Å². The second-order valence-electron chi connectivity index (χ2n) is 14.0. The van der Waals surface area contributed by atoms with Gasteiger partial charge in [0.1, 0.15) is 0 Å². The summed E-state index contributed by atoms with van der Waals surface area (Å²) < 4.78 is 2.20. The van der Waals surface area contributed by atoms with E-state index in [1.54, 1.807) is 0 Å². The van der Waals surface area contributed by atoms with Crippen LogP contribution in [0.4, 0.5) is 0 Å². The van der Waals surface area contributed by atoms with Gasteiger partial charge in [-0.05, 0) is 0 Å². The van der Waals surface area contributed by atoms with Crippen LogP contribution in [0, 0.1) is 0 Å². The molecule has 0 saturated carbocycles. The van der Waals surface area contributed by atoms with Gasteiger partial charge in [0.25, 0.3) is 0 Å². The van der Waals surface area contributed by atoms with Gasteiger partial charge < -0.3 is 0 Å². The van der Waals surface area contributed by atoms with E-state index in [4.69, 9.17) is 18.6 Å². The third-order valence-corrected chi connectivity index (χ3v) is 22.6. The number of rotatable bonds is 3. The normalized spacial score (nSPS) is 25.2. The number of hydrogen-bond donors (Lipinski definition) is 0. The SMILES string of the molecule is CC(C)c1cccc[c]1[Ti]([CH3])([CH3])([CH3])([CH3])([CH3])([Cl])([Cl])[C]1=CC=CC1. The van der Waals surface area contributed by atoms with Crippen LogP contribution < -0.4 is 3.87 Å². The average Bonchev–Trinajstić information content (AvgIpc) is 2.81. The molecule has 0 aliphatic heterocycles. The van der Waals surface area contributed by atoms with Crippen molar-refractivity contribution in [1.29, 1.82) is 0 Å². The predicted molar refractivity (Wildman–Crippen MR) is 103 cm³/mol. The minimum atomic E-state index is -6.09. The van der Waals surface area contributed by atoms with Crippen molar-refractivity contribution in [3.8, 4) is 0 Å². The molecule has 3 heteroatoms. The van der Waals surface area contributed by atoms with Crippen molar-refractivity contribution in [3.63, 3.8) is 0 Å². The van der Waals surface area contributed by atoms with E-state index in [1.165, 1.54) is 5.56 Å². The molecule has 2 rings (SSSR count). The van der Waals surface area contributed by atoms with Gasteiger partial charge in [-0.3, -0.25) is 0 Å². The summed E-state index contributed by atoms with van der Waals surface area (Å²) in [6.07, 6.45) is 7.13. The zero-order valence-electron chi connectivity index (χ0n) is 15.1. The molecule has 0 nitrogen and oxygen atoms in total. The van der Waals surface area contributed by atoms with Gasteiger partial charge >= 0.3 is 135 Å². The third kappa shape index (κ3) is 2.47. The van der Waals surface area contributed by atoms with Crippen LogP contribution in [0.5, 0.6) is 0 Å². The standard InChI is InChI=1S/C9H11.C5H5.5CH3.2ClH.Ti/c1-8(2)9-6-4-3-5-7-9;1-2-4-5-3-1;;;;;;;;/h3-6,8H,1-2H3;1-3H,4H2;5*1H3;2*1H;/q;;;;;;;;;+2/p-2. The van der Waals surface area contributed by atoms with Gasteiger partial charge in [-0.15, -0.1) is 0 Å². The summed E-state index contributed by atoms with van der Waals surface area (Å²) in [6.45, 7) is 4.40. The van der Waals surface area contributed by atoms with Gasteiger partial charge in [0.2, 0.25) is 0 Å². The summed E-state index contributed by atoms with van der Waals surface area (Å²) in [6, 6.07) is 8.43. The Balaban J connectivity index is 3.22. The summed E-state index contributed by atoms with van der Waals surface area (Å²) >= 11 is 0. The van der Waals surface area contributed by atoms with Crippen LogP contribution in [0.2, 0.25) is 26.1 Å². The molecule has 0 radical (unpaired) electrons. The van der Waals surface area contributed by atoms with Crippen molar-refractivity contribution in [1.82, 2.24) is 0 Å². The molecular formula is C19H31Cl2Ti. The Kier molecular flexibility index (Phi) is 2.23. The van der Waals surface area contributed by atoms with Gasteiger partial charge in [-0.25, -0.2) is 0 Å². The molecule has 0 bridgehead atoms. The zero-order valence-corrected chi connectivity index (χ0v) is 18.2. The molecule has 0 atom stereocenters. The van der Waals surface area contributed by atoms with Crippen LogP contribution >= 0.6 is 18.6 Å². The summed E-state index contributed by atoms with van der Waals surface area (Å²) in [5.74, 6) is 0.346. The quantitative estimate of drug-likeness (QED) is 0.474. The van der Waals surface area contributed by atoms with E-state index in [0.29, 0.717) is 5.92 Å². The molecule has 0 amide bonds. The van der Waals surface area contributed by atoms with E-state index in [0.717, 1.165) is 14.2 Å². The number of halogens is 2. The van der Waals surface area contributed by atoms with Crippen molar-refractivity contribution in [2.24, 2.45) is 0 Å². The van der Waals surface area contributed by atoms with Crippen molar-refractivity contribution in [2.75, 3.05) is 0 Å². The second kappa shape index (κ2) is 2.68. The fourth-order valence-electron chi connectivity index (χ4n) is 4.20. The molecule has 0 spiro atoms. The van der Waals surface area contributed by atoms with E-state index >= 15 is 0 Å². The van der Waals surface area contributed by atoms with Gasteiger partial charge in [0, 0.05) is 0 Å². The van der Waals surface area contributed by atoms with Gasteiger partial charge in [-0.2, -0.15) is 0 Å². The maximum atomic E-state index is 8.00. The first kappa shape index (κ1) is 18.3. The van der Waals surface area contributed by atoms with Crippen molar-refractivity contribution >= 4 is 22.5 Å². The fourth-order valence-corrected chi connectivity index (χ4v) is 16.5. The molecule has 125 valence electrons. The van der Waals surface area contributed by atoms with Crippen LogP contribution in [-0.2, 0) is 8.06 Å². The monoisotopic (exact) mass is 377 g/mol. The predicted octanol–water partition coefficient (Wildman–Crippen LogP) is 7.66. The van der Waals surface area contributed by atoms with Crippen LogP contribution in [0.1, 0.15) is 31.7 Å². The summed E-state index contributed by atoms with van der Waals surface area (Å²) in [5, 5.41) is 10.6. The number of allylic oxidation sites excluding steroid dienone is 4. The molecule has 1 aromatic carbocycles. The van der Waals surface area contributed by atoms with Gasteiger partial charge in [0.05, 0.1) is 0 Å². The van der Waals surface area contributed by atoms with Crippen molar-refractivity contribution < 1.29 is 8.06 Å². The van der Waals surface area contributed by atoms with E-state index in [9.17, 15) is 0 Å². The number of benzene rings is 1. The Bertz CT molecular complexity index is 786. The molecule has 0 saturated heterocycles. The Morgan fingerprint density at radius 1 is 0.955 bits per heavy atom. The molecule has 0 aromatic heterocycles. The summed E-state index contributed by atoms with van der Waals surface area (Å²) in [5.41, 5.74) is 1.22. The first-order valence-electron chi connectivity index (χ1n) is 8.37. The minimum absolute atomic E-state index is 0.346. The maximum absolute atomic E-state index is 8.00. The summed E-state index contributed by atoms with van der Waals surface area (Å²) in [4.78, 5) is 0. The molecule has 22 heavy (non-hydrogen) atoms. The zero-order chi connectivity index (χ0) is 17.3. The van der Waals surface area contributed by atoms with E-state index < -0.39 is 8.06 Å². The van der Waals surface area contributed by atoms with Crippen LogP contribution in [-0.4, -0.2) is 0 Å². The van der Waals surface area contributed by atoms with Crippen molar-refractivity contribution in [2.45, 2.75) is 52.3 Å².